The summed E-state index contributed by atoms with van der Waals surface area (Å²) >= 11 is 0. The van der Waals surface area contributed by atoms with Crippen molar-refractivity contribution in [3.8, 4) is 0 Å². The van der Waals surface area contributed by atoms with Crippen LogP contribution in [-0.2, 0) is 12.0 Å². The van der Waals surface area contributed by atoms with Gasteiger partial charge in [0, 0.05) is 19.3 Å². The summed E-state index contributed by atoms with van der Waals surface area (Å²) in [5.41, 5.74) is 2.54. The van der Waals surface area contributed by atoms with E-state index in [1.807, 2.05) is 30.5 Å². The van der Waals surface area contributed by atoms with Gasteiger partial charge in [0.1, 0.15) is 5.82 Å². The molecule has 1 N–H and O–H groups in total. The lowest BCUT2D eigenvalue weighted by Gasteiger charge is -2.24. The molecule has 0 saturated heterocycles. The van der Waals surface area contributed by atoms with Crippen molar-refractivity contribution < 1.29 is 5.11 Å². The molecule has 0 bridgehead atoms. The number of benzene rings is 1. The van der Waals surface area contributed by atoms with Gasteiger partial charge in [-0.1, -0.05) is 57.2 Å². The lowest BCUT2D eigenvalue weighted by molar-refractivity contribution is 0.301. The summed E-state index contributed by atoms with van der Waals surface area (Å²) in [5, 5.41) is 9.29. The second kappa shape index (κ2) is 6.72. The predicted octanol–water partition coefficient (Wildman–Crippen LogP) is 3.38. The zero-order valence-electron chi connectivity index (χ0n) is 13.1. The average molecular weight is 284 g/mol. The molecule has 0 spiro atoms. The molecule has 0 radical (unpaired) electrons. The van der Waals surface area contributed by atoms with Gasteiger partial charge in [0.05, 0.1) is 6.61 Å². The molecule has 0 unspecified atom stereocenters. The first-order chi connectivity index (χ1) is 10.0. The van der Waals surface area contributed by atoms with Crippen LogP contribution < -0.4 is 4.90 Å². The summed E-state index contributed by atoms with van der Waals surface area (Å²) in [7, 11) is 0. The van der Waals surface area contributed by atoms with Gasteiger partial charge in [-0.3, -0.25) is 0 Å². The molecule has 1 aromatic carbocycles. The highest BCUT2D eigenvalue weighted by atomic mass is 16.3. The van der Waals surface area contributed by atoms with Crippen LogP contribution in [0.2, 0.25) is 0 Å². The van der Waals surface area contributed by atoms with Crippen LogP contribution in [0, 0.1) is 0 Å². The maximum Gasteiger partial charge on any atom is 0.128 e. The van der Waals surface area contributed by atoms with Crippen molar-refractivity contribution in [3.63, 3.8) is 0 Å². The van der Waals surface area contributed by atoms with Crippen LogP contribution in [0.25, 0.3) is 0 Å². The molecule has 1 aromatic heterocycles. The number of aromatic nitrogens is 1. The number of hydrogen-bond acceptors (Lipinski definition) is 3. The number of aliphatic hydroxyl groups excluding tert-OH is 1. The average Bonchev–Trinajstić information content (AvgIpc) is 2.47. The Labute approximate surface area is 127 Å². The summed E-state index contributed by atoms with van der Waals surface area (Å²) in [6.07, 6.45) is 1.94. The molecule has 112 valence electrons. The number of rotatable bonds is 5. The molecule has 3 heteroatoms. The van der Waals surface area contributed by atoms with Crippen LogP contribution >= 0.6 is 0 Å². The SMILES string of the molecule is CC(C)(C)c1ccc(N(CCO)Cc2ccccc2)nc1. The molecular weight excluding hydrogens is 260 g/mol. The van der Waals surface area contributed by atoms with Crippen molar-refractivity contribution >= 4 is 5.82 Å². The van der Waals surface area contributed by atoms with E-state index in [1.54, 1.807) is 0 Å². The molecule has 0 aliphatic carbocycles. The van der Waals surface area contributed by atoms with Crippen LogP contribution in [0.15, 0.2) is 48.7 Å². The van der Waals surface area contributed by atoms with Gasteiger partial charge in [0.15, 0.2) is 0 Å². The zero-order chi connectivity index (χ0) is 15.3. The first-order valence-electron chi connectivity index (χ1n) is 7.37. The minimum Gasteiger partial charge on any atom is -0.395 e. The zero-order valence-corrected chi connectivity index (χ0v) is 13.1. The van der Waals surface area contributed by atoms with Crippen LogP contribution in [0.1, 0.15) is 31.9 Å². The van der Waals surface area contributed by atoms with Crippen LogP contribution in [0.4, 0.5) is 5.82 Å². The van der Waals surface area contributed by atoms with E-state index in [0.29, 0.717) is 6.54 Å². The Morgan fingerprint density at radius 3 is 2.29 bits per heavy atom. The highest BCUT2D eigenvalue weighted by Crippen LogP contribution is 2.23. The minimum atomic E-state index is 0.104. The van der Waals surface area contributed by atoms with Crippen LogP contribution in [-0.4, -0.2) is 23.2 Å². The Kier molecular flexibility index (Phi) is 4.97. The molecule has 0 saturated carbocycles. The highest BCUT2D eigenvalue weighted by molar-refractivity contribution is 5.41. The van der Waals surface area contributed by atoms with E-state index < -0.39 is 0 Å². The Bertz CT molecular complexity index is 544. The maximum absolute atomic E-state index is 9.29. The largest absolute Gasteiger partial charge is 0.395 e. The third-order valence-corrected chi connectivity index (χ3v) is 3.52. The summed E-state index contributed by atoms with van der Waals surface area (Å²) in [6.45, 7) is 7.99. The molecular formula is C18H24N2O. The van der Waals surface area contributed by atoms with E-state index >= 15 is 0 Å². The van der Waals surface area contributed by atoms with E-state index in [2.05, 4.69) is 48.9 Å². The molecule has 2 aromatic rings. The predicted molar refractivity (Wildman–Crippen MR) is 87.5 cm³/mol. The van der Waals surface area contributed by atoms with Gasteiger partial charge in [-0.25, -0.2) is 4.98 Å². The maximum atomic E-state index is 9.29. The molecule has 21 heavy (non-hydrogen) atoms. The van der Waals surface area contributed by atoms with Crippen molar-refractivity contribution in [3.05, 3.63) is 59.8 Å². The Balaban J connectivity index is 2.18. The molecule has 0 atom stereocenters. The topological polar surface area (TPSA) is 36.4 Å². The van der Waals surface area contributed by atoms with Gasteiger partial charge in [-0.05, 0) is 22.6 Å². The molecule has 1 heterocycles. The second-order valence-electron chi connectivity index (χ2n) is 6.29. The quantitative estimate of drug-likeness (QED) is 0.914. The van der Waals surface area contributed by atoms with Crippen molar-refractivity contribution in [2.75, 3.05) is 18.1 Å². The first kappa shape index (κ1) is 15.5. The van der Waals surface area contributed by atoms with Gasteiger partial charge >= 0.3 is 0 Å². The third-order valence-electron chi connectivity index (χ3n) is 3.52. The van der Waals surface area contributed by atoms with Crippen LogP contribution in [0.5, 0.6) is 0 Å². The minimum absolute atomic E-state index is 0.104. The molecule has 2 rings (SSSR count). The number of aliphatic hydroxyl groups is 1. The van der Waals surface area contributed by atoms with Crippen molar-refractivity contribution in [2.45, 2.75) is 32.7 Å². The van der Waals surface area contributed by atoms with E-state index in [0.717, 1.165) is 12.4 Å². The fourth-order valence-electron chi connectivity index (χ4n) is 2.22. The molecule has 0 fully saturated rings. The van der Waals surface area contributed by atoms with E-state index in [4.69, 9.17) is 0 Å². The normalized spacial score (nSPS) is 11.4. The summed E-state index contributed by atoms with van der Waals surface area (Å²) in [5.74, 6) is 0.904. The van der Waals surface area contributed by atoms with E-state index in [9.17, 15) is 5.11 Å². The number of anilines is 1. The van der Waals surface area contributed by atoms with Crippen molar-refractivity contribution in [2.24, 2.45) is 0 Å². The molecule has 0 amide bonds. The van der Waals surface area contributed by atoms with Gasteiger partial charge < -0.3 is 10.0 Å². The Hall–Kier alpha value is -1.87. The highest BCUT2D eigenvalue weighted by Gasteiger charge is 2.15. The lowest BCUT2D eigenvalue weighted by atomic mass is 9.88. The molecule has 0 aliphatic rings. The van der Waals surface area contributed by atoms with Crippen molar-refractivity contribution in [1.82, 2.24) is 4.98 Å². The van der Waals surface area contributed by atoms with Gasteiger partial charge in [0.25, 0.3) is 0 Å². The lowest BCUT2D eigenvalue weighted by Crippen LogP contribution is -2.27. The number of hydrogen-bond donors (Lipinski definition) is 1. The smallest absolute Gasteiger partial charge is 0.128 e. The summed E-state index contributed by atoms with van der Waals surface area (Å²) in [4.78, 5) is 6.67. The third kappa shape index (κ3) is 4.30. The second-order valence-corrected chi connectivity index (χ2v) is 6.29. The van der Waals surface area contributed by atoms with Crippen molar-refractivity contribution in [1.29, 1.82) is 0 Å². The van der Waals surface area contributed by atoms with E-state index in [1.165, 1.54) is 11.1 Å². The van der Waals surface area contributed by atoms with E-state index in [-0.39, 0.29) is 12.0 Å². The fraction of sp³-hybridized carbons (Fsp3) is 0.389. The first-order valence-corrected chi connectivity index (χ1v) is 7.37. The molecule has 3 nitrogen and oxygen atoms in total. The van der Waals surface area contributed by atoms with Crippen LogP contribution in [0.3, 0.4) is 0 Å². The summed E-state index contributed by atoms with van der Waals surface area (Å²) in [6, 6.07) is 14.4. The summed E-state index contributed by atoms with van der Waals surface area (Å²) < 4.78 is 0. The Morgan fingerprint density at radius 1 is 1.05 bits per heavy atom. The fourth-order valence-corrected chi connectivity index (χ4v) is 2.22. The van der Waals surface area contributed by atoms with Gasteiger partial charge in [-0.2, -0.15) is 0 Å². The number of pyridine rings is 1. The monoisotopic (exact) mass is 284 g/mol. The van der Waals surface area contributed by atoms with Gasteiger partial charge in [-0.15, -0.1) is 0 Å². The van der Waals surface area contributed by atoms with Gasteiger partial charge in [0.2, 0.25) is 0 Å². The standard InChI is InChI=1S/C18H24N2O/c1-18(2,3)16-9-10-17(19-13-16)20(11-12-21)14-15-7-5-4-6-8-15/h4-10,13,21H,11-12,14H2,1-3H3. The Morgan fingerprint density at radius 2 is 1.76 bits per heavy atom. The molecule has 0 aliphatic heterocycles. The number of nitrogens with zero attached hydrogens (tertiary/aromatic N) is 2.